The normalized spacial score (nSPS) is 10.8. The maximum atomic E-state index is 11.1. The van der Waals surface area contributed by atoms with E-state index in [0.29, 0.717) is 13.1 Å². The summed E-state index contributed by atoms with van der Waals surface area (Å²) in [6.45, 7) is 2.72. The minimum absolute atomic E-state index is 0.0333. The topological polar surface area (TPSA) is 56.1 Å². The number of hydrogen-bond donors (Lipinski definition) is 1. The summed E-state index contributed by atoms with van der Waals surface area (Å²) >= 11 is 1.65. The Hall–Kier alpha value is -2.34. The highest BCUT2D eigenvalue weighted by Gasteiger charge is 2.16. The fourth-order valence-corrected chi connectivity index (χ4v) is 3.19. The molecule has 22 heavy (non-hydrogen) atoms. The van der Waals surface area contributed by atoms with Gasteiger partial charge in [0.2, 0.25) is 5.91 Å². The Morgan fingerprint density at radius 1 is 1.36 bits per heavy atom. The molecule has 3 rings (SSSR count). The minimum atomic E-state index is -0.0333. The summed E-state index contributed by atoms with van der Waals surface area (Å²) in [4.78, 5) is 17.0. The van der Waals surface area contributed by atoms with Gasteiger partial charge in [0.25, 0.3) is 0 Å². The number of fused-ring (bicyclic) bond motifs is 1. The number of imidazole rings is 1. The van der Waals surface area contributed by atoms with Gasteiger partial charge < -0.3 is 14.6 Å². The van der Waals surface area contributed by atoms with Gasteiger partial charge in [0, 0.05) is 20.0 Å². The average molecular weight is 315 g/mol. The van der Waals surface area contributed by atoms with Gasteiger partial charge >= 0.3 is 0 Å². The van der Waals surface area contributed by atoms with Gasteiger partial charge in [-0.2, -0.15) is 0 Å². The third-order valence-corrected chi connectivity index (χ3v) is 4.27. The van der Waals surface area contributed by atoms with Crippen molar-refractivity contribution in [3.05, 3.63) is 35.7 Å². The molecule has 0 bridgehead atoms. The molecule has 1 aromatic carbocycles. The number of para-hydroxylation sites is 1. The Labute approximate surface area is 132 Å². The minimum Gasteiger partial charge on any atom is -0.494 e. The highest BCUT2D eigenvalue weighted by molar-refractivity contribution is 7.13. The molecule has 0 aliphatic heterocycles. The van der Waals surface area contributed by atoms with Crippen molar-refractivity contribution in [1.82, 2.24) is 14.9 Å². The highest BCUT2D eigenvalue weighted by Crippen LogP contribution is 2.32. The Morgan fingerprint density at radius 3 is 2.91 bits per heavy atom. The van der Waals surface area contributed by atoms with Gasteiger partial charge in [-0.1, -0.05) is 12.1 Å². The average Bonchev–Trinajstić information content (AvgIpc) is 3.14. The zero-order valence-corrected chi connectivity index (χ0v) is 13.3. The smallest absolute Gasteiger partial charge is 0.216 e. The SMILES string of the molecule is COc1cccc2nc(-c3cccs3)n(CCNC(C)=O)c12. The van der Waals surface area contributed by atoms with Crippen LogP contribution in [0, 0.1) is 0 Å². The fourth-order valence-electron chi connectivity index (χ4n) is 2.47. The van der Waals surface area contributed by atoms with Gasteiger partial charge in [0.05, 0.1) is 17.5 Å². The molecule has 0 aliphatic carbocycles. The molecule has 0 fully saturated rings. The van der Waals surface area contributed by atoms with E-state index in [1.807, 2.05) is 35.7 Å². The van der Waals surface area contributed by atoms with Crippen molar-refractivity contribution in [1.29, 1.82) is 0 Å². The summed E-state index contributed by atoms with van der Waals surface area (Å²) < 4.78 is 7.59. The summed E-state index contributed by atoms with van der Waals surface area (Å²) in [7, 11) is 1.66. The maximum Gasteiger partial charge on any atom is 0.216 e. The van der Waals surface area contributed by atoms with Crippen LogP contribution in [-0.4, -0.2) is 29.1 Å². The zero-order chi connectivity index (χ0) is 15.5. The number of hydrogen-bond acceptors (Lipinski definition) is 4. The van der Waals surface area contributed by atoms with E-state index < -0.39 is 0 Å². The lowest BCUT2D eigenvalue weighted by atomic mass is 10.3. The Morgan fingerprint density at radius 2 is 2.23 bits per heavy atom. The van der Waals surface area contributed by atoms with Gasteiger partial charge in [-0.25, -0.2) is 4.98 Å². The number of benzene rings is 1. The van der Waals surface area contributed by atoms with Crippen molar-refractivity contribution in [2.45, 2.75) is 13.5 Å². The van der Waals surface area contributed by atoms with Gasteiger partial charge in [-0.15, -0.1) is 11.3 Å². The lowest BCUT2D eigenvalue weighted by Crippen LogP contribution is -2.24. The number of ether oxygens (including phenoxy) is 1. The monoisotopic (exact) mass is 315 g/mol. The molecule has 6 heteroatoms. The van der Waals surface area contributed by atoms with Crippen LogP contribution in [0.1, 0.15) is 6.92 Å². The Bertz CT molecular complexity index is 793. The summed E-state index contributed by atoms with van der Waals surface area (Å²) in [5.74, 6) is 1.66. The first-order valence-electron chi connectivity index (χ1n) is 7.02. The van der Waals surface area contributed by atoms with E-state index in [1.165, 1.54) is 6.92 Å². The van der Waals surface area contributed by atoms with Crippen LogP contribution in [-0.2, 0) is 11.3 Å². The van der Waals surface area contributed by atoms with Gasteiger partial charge in [0.15, 0.2) is 5.82 Å². The molecule has 0 atom stereocenters. The lowest BCUT2D eigenvalue weighted by Gasteiger charge is -2.10. The van der Waals surface area contributed by atoms with Crippen molar-refractivity contribution in [3.63, 3.8) is 0 Å². The van der Waals surface area contributed by atoms with Crippen molar-refractivity contribution in [2.24, 2.45) is 0 Å². The molecule has 0 saturated heterocycles. The second-order valence-electron chi connectivity index (χ2n) is 4.88. The first-order valence-corrected chi connectivity index (χ1v) is 7.90. The quantitative estimate of drug-likeness (QED) is 0.787. The van der Waals surface area contributed by atoms with Crippen LogP contribution in [0.4, 0.5) is 0 Å². The van der Waals surface area contributed by atoms with Gasteiger partial charge in [-0.05, 0) is 23.6 Å². The predicted octanol–water partition coefficient (Wildman–Crippen LogP) is 2.91. The second kappa shape index (κ2) is 6.19. The third kappa shape index (κ3) is 2.69. The molecule has 1 N–H and O–H groups in total. The molecule has 0 aliphatic rings. The number of rotatable bonds is 5. The molecule has 0 unspecified atom stereocenters. The molecular weight excluding hydrogens is 298 g/mol. The molecule has 2 aromatic heterocycles. The molecular formula is C16H17N3O2S. The van der Waals surface area contributed by atoms with E-state index in [-0.39, 0.29) is 5.91 Å². The van der Waals surface area contributed by atoms with Gasteiger partial charge in [-0.3, -0.25) is 4.79 Å². The summed E-state index contributed by atoms with van der Waals surface area (Å²) in [6, 6.07) is 9.90. The molecule has 0 spiro atoms. The molecule has 0 radical (unpaired) electrons. The number of thiophene rings is 1. The van der Waals surface area contributed by atoms with E-state index in [2.05, 4.69) is 9.88 Å². The van der Waals surface area contributed by atoms with E-state index in [4.69, 9.17) is 9.72 Å². The molecule has 3 aromatic rings. The molecule has 0 saturated carbocycles. The number of carbonyl (C=O) groups is 1. The van der Waals surface area contributed by atoms with Crippen LogP contribution in [0.5, 0.6) is 5.75 Å². The van der Waals surface area contributed by atoms with Crippen LogP contribution in [0.15, 0.2) is 35.7 Å². The molecule has 1 amide bonds. The second-order valence-corrected chi connectivity index (χ2v) is 5.82. The van der Waals surface area contributed by atoms with Crippen LogP contribution >= 0.6 is 11.3 Å². The van der Waals surface area contributed by atoms with E-state index >= 15 is 0 Å². The maximum absolute atomic E-state index is 11.1. The predicted molar refractivity (Wildman–Crippen MR) is 88.3 cm³/mol. The zero-order valence-electron chi connectivity index (χ0n) is 12.5. The first kappa shape index (κ1) is 14.6. The van der Waals surface area contributed by atoms with E-state index in [0.717, 1.165) is 27.5 Å². The van der Waals surface area contributed by atoms with Crippen LogP contribution in [0.2, 0.25) is 0 Å². The standard InChI is InChI=1S/C16H17N3O2S/c1-11(20)17-8-9-19-15-12(5-3-6-13(15)21-2)18-16(19)14-7-4-10-22-14/h3-7,10H,8-9H2,1-2H3,(H,17,20). The Kier molecular flexibility index (Phi) is 4.11. The number of amides is 1. The molecule has 2 heterocycles. The summed E-state index contributed by atoms with van der Waals surface area (Å²) in [5, 5.41) is 4.87. The number of carbonyl (C=O) groups excluding carboxylic acids is 1. The largest absolute Gasteiger partial charge is 0.494 e. The Balaban J connectivity index is 2.11. The van der Waals surface area contributed by atoms with Crippen molar-refractivity contribution >= 4 is 28.3 Å². The van der Waals surface area contributed by atoms with Crippen molar-refractivity contribution < 1.29 is 9.53 Å². The molecule has 114 valence electrons. The van der Waals surface area contributed by atoms with E-state index in [1.54, 1.807) is 18.4 Å². The lowest BCUT2D eigenvalue weighted by molar-refractivity contribution is -0.118. The van der Waals surface area contributed by atoms with Crippen molar-refractivity contribution in [2.75, 3.05) is 13.7 Å². The molecule has 5 nitrogen and oxygen atoms in total. The number of methoxy groups -OCH3 is 1. The third-order valence-electron chi connectivity index (χ3n) is 3.40. The number of nitrogens with one attached hydrogen (secondary N) is 1. The van der Waals surface area contributed by atoms with Crippen LogP contribution in [0.25, 0.3) is 21.7 Å². The summed E-state index contributed by atoms with van der Waals surface area (Å²) in [6.07, 6.45) is 0. The summed E-state index contributed by atoms with van der Waals surface area (Å²) in [5.41, 5.74) is 1.85. The van der Waals surface area contributed by atoms with Crippen LogP contribution < -0.4 is 10.1 Å². The van der Waals surface area contributed by atoms with Gasteiger partial charge in [0.1, 0.15) is 11.3 Å². The highest BCUT2D eigenvalue weighted by atomic mass is 32.1. The van der Waals surface area contributed by atoms with E-state index in [9.17, 15) is 4.79 Å². The number of aromatic nitrogens is 2. The van der Waals surface area contributed by atoms with Crippen LogP contribution in [0.3, 0.4) is 0 Å². The van der Waals surface area contributed by atoms with Crippen molar-refractivity contribution in [3.8, 4) is 16.5 Å². The fraction of sp³-hybridized carbons (Fsp3) is 0.250. The number of nitrogens with zero attached hydrogens (tertiary/aromatic N) is 2. The first-order chi connectivity index (χ1) is 10.7.